The summed E-state index contributed by atoms with van der Waals surface area (Å²) in [5, 5.41) is 4.76. The fourth-order valence-electron chi connectivity index (χ4n) is 1.54. The number of carbonyl (C=O) groups excluding carboxylic acids is 1. The highest BCUT2D eigenvalue weighted by Gasteiger charge is 2.10. The summed E-state index contributed by atoms with van der Waals surface area (Å²) in [7, 11) is 1.61. The molecule has 0 saturated carbocycles. The van der Waals surface area contributed by atoms with E-state index in [1.807, 2.05) is 13.0 Å². The third-order valence-electron chi connectivity index (χ3n) is 2.41. The van der Waals surface area contributed by atoms with Crippen LogP contribution in [0.25, 0.3) is 0 Å². The lowest BCUT2D eigenvalue weighted by atomic mass is 10.2. The summed E-state index contributed by atoms with van der Waals surface area (Å²) in [5.41, 5.74) is 7.46. The number of nitrogens with two attached hydrogens (primary N) is 1. The van der Waals surface area contributed by atoms with Crippen molar-refractivity contribution in [3.8, 4) is 5.75 Å². The number of amides is 1. The van der Waals surface area contributed by atoms with Crippen LogP contribution in [0.4, 0.5) is 10.8 Å². The van der Waals surface area contributed by atoms with E-state index in [1.54, 1.807) is 24.6 Å². The summed E-state index contributed by atoms with van der Waals surface area (Å²) in [5.74, 6) is 0.512. The van der Waals surface area contributed by atoms with Crippen LogP contribution in [0.5, 0.6) is 5.75 Å². The predicted molar refractivity (Wildman–Crippen MR) is 72.2 cm³/mol. The maximum Gasteiger partial charge on any atom is 0.275 e. The first-order chi connectivity index (χ1) is 8.60. The summed E-state index contributed by atoms with van der Waals surface area (Å²) < 4.78 is 5.15. The van der Waals surface area contributed by atoms with Crippen molar-refractivity contribution in [2.75, 3.05) is 18.2 Å². The molecule has 94 valence electrons. The van der Waals surface area contributed by atoms with Gasteiger partial charge in [-0.05, 0) is 30.7 Å². The molecule has 3 N–H and O–H groups in total. The van der Waals surface area contributed by atoms with Crippen LogP contribution in [0.1, 0.15) is 16.1 Å². The Labute approximate surface area is 109 Å². The summed E-state index contributed by atoms with van der Waals surface area (Å²) in [6.45, 7) is 1.91. The molecule has 0 aliphatic heterocycles. The smallest absolute Gasteiger partial charge is 0.275 e. The number of benzene rings is 1. The first-order valence-corrected chi connectivity index (χ1v) is 6.15. The molecule has 1 aromatic heterocycles. The number of carbonyl (C=O) groups is 1. The fraction of sp³-hybridized carbons (Fsp3) is 0.167. The van der Waals surface area contributed by atoms with Crippen molar-refractivity contribution in [2.45, 2.75) is 6.92 Å². The molecule has 5 nitrogen and oxygen atoms in total. The molecule has 0 spiro atoms. The number of nitrogen functional groups attached to an aromatic ring is 1. The molecule has 0 aliphatic carbocycles. The van der Waals surface area contributed by atoms with Crippen molar-refractivity contribution in [2.24, 2.45) is 0 Å². The molecule has 0 unspecified atom stereocenters. The number of nitrogens with one attached hydrogen (secondary N) is 1. The maximum absolute atomic E-state index is 11.8. The van der Waals surface area contributed by atoms with Gasteiger partial charge in [0.05, 0.1) is 7.11 Å². The summed E-state index contributed by atoms with van der Waals surface area (Å²) in [6.07, 6.45) is 0. The van der Waals surface area contributed by atoms with Gasteiger partial charge >= 0.3 is 0 Å². The van der Waals surface area contributed by atoms with Crippen LogP contribution < -0.4 is 15.8 Å². The number of aromatic nitrogens is 1. The average Bonchev–Trinajstić information content (AvgIpc) is 2.76. The first kappa shape index (κ1) is 12.4. The van der Waals surface area contributed by atoms with E-state index in [9.17, 15) is 4.79 Å². The molecule has 0 radical (unpaired) electrons. The first-order valence-electron chi connectivity index (χ1n) is 5.27. The minimum absolute atomic E-state index is 0.271. The van der Waals surface area contributed by atoms with Gasteiger partial charge in [0, 0.05) is 11.1 Å². The van der Waals surface area contributed by atoms with Crippen molar-refractivity contribution in [1.82, 2.24) is 4.98 Å². The van der Waals surface area contributed by atoms with Crippen LogP contribution in [0.3, 0.4) is 0 Å². The molecule has 0 fully saturated rings. The molecule has 0 aliphatic rings. The Hall–Kier alpha value is -2.08. The topological polar surface area (TPSA) is 77.2 Å². The number of hydrogen-bond acceptors (Lipinski definition) is 5. The number of aryl methyl sites for hydroxylation is 1. The van der Waals surface area contributed by atoms with Gasteiger partial charge < -0.3 is 15.8 Å². The number of nitrogens with zero attached hydrogens (tertiary/aromatic N) is 1. The molecule has 0 bridgehead atoms. The second-order valence-corrected chi connectivity index (χ2v) is 4.60. The summed E-state index contributed by atoms with van der Waals surface area (Å²) >= 11 is 1.24. The average molecular weight is 263 g/mol. The van der Waals surface area contributed by atoms with Crippen molar-refractivity contribution in [1.29, 1.82) is 0 Å². The standard InChI is InChI=1S/C12H13N3O2S/c1-7-5-8(3-4-10(7)17-2)14-11(16)9-6-18-12(13)15-9/h3-6H,1-2H3,(H2,13,15)(H,14,16). The van der Waals surface area contributed by atoms with Gasteiger partial charge in [-0.15, -0.1) is 11.3 Å². The molecule has 0 atom stereocenters. The quantitative estimate of drug-likeness (QED) is 0.890. The van der Waals surface area contributed by atoms with Crippen LogP contribution in [0.2, 0.25) is 0 Å². The van der Waals surface area contributed by atoms with Crippen LogP contribution >= 0.6 is 11.3 Å². The molecule has 0 saturated heterocycles. The second kappa shape index (κ2) is 5.05. The lowest BCUT2D eigenvalue weighted by molar-refractivity contribution is 0.102. The van der Waals surface area contributed by atoms with E-state index >= 15 is 0 Å². The molecule has 1 heterocycles. The number of ether oxygens (including phenoxy) is 1. The van der Waals surface area contributed by atoms with E-state index in [4.69, 9.17) is 10.5 Å². The zero-order valence-corrected chi connectivity index (χ0v) is 10.9. The lowest BCUT2D eigenvalue weighted by Crippen LogP contribution is -2.12. The SMILES string of the molecule is COc1ccc(NC(=O)c2csc(N)n2)cc1C. The van der Waals surface area contributed by atoms with Crippen LogP contribution in [-0.4, -0.2) is 18.0 Å². The van der Waals surface area contributed by atoms with E-state index in [2.05, 4.69) is 10.3 Å². The highest BCUT2D eigenvalue weighted by atomic mass is 32.1. The zero-order valence-electron chi connectivity index (χ0n) is 10.1. The second-order valence-electron chi connectivity index (χ2n) is 3.71. The Balaban J connectivity index is 2.14. The Morgan fingerprint density at radius 2 is 2.28 bits per heavy atom. The maximum atomic E-state index is 11.8. The van der Waals surface area contributed by atoms with Gasteiger partial charge in [-0.25, -0.2) is 4.98 Å². The Morgan fingerprint density at radius 1 is 1.50 bits per heavy atom. The minimum atomic E-state index is -0.271. The highest BCUT2D eigenvalue weighted by Crippen LogP contribution is 2.22. The molecule has 1 amide bonds. The van der Waals surface area contributed by atoms with E-state index in [1.165, 1.54) is 11.3 Å². The van der Waals surface area contributed by atoms with Gasteiger partial charge in [0.15, 0.2) is 5.13 Å². The van der Waals surface area contributed by atoms with Crippen molar-refractivity contribution >= 4 is 28.1 Å². The van der Waals surface area contributed by atoms with Crippen molar-refractivity contribution in [3.63, 3.8) is 0 Å². The third-order valence-corrected chi connectivity index (χ3v) is 3.08. The molecule has 1 aromatic carbocycles. The number of hydrogen-bond donors (Lipinski definition) is 2. The molecule has 18 heavy (non-hydrogen) atoms. The normalized spacial score (nSPS) is 10.1. The Kier molecular flexibility index (Phi) is 3.47. The van der Waals surface area contributed by atoms with Gasteiger partial charge in [0.1, 0.15) is 11.4 Å². The monoisotopic (exact) mass is 263 g/mol. The molecular weight excluding hydrogens is 250 g/mol. The highest BCUT2D eigenvalue weighted by molar-refractivity contribution is 7.13. The van der Waals surface area contributed by atoms with Crippen LogP contribution in [-0.2, 0) is 0 Å². The minimum Gasteiger partial charge on any atom is -0.496 e. The van der Waals surface area contributed by atoms with Crippen molar-refractivity contribution < 1.29 is 9.53 Å². The van der Waals surface area contributed by atoms with Crippen LogP contribution in [0.15, 0.2) is 23.6 Å². The fourth-order valence-corrected chi connectivity index (χ4v) is 2.09. The van der Waals surface area contributed by atoms with E-state index in [0.717, 1.165) is 11.3 Å². The number of methoxy groups -OCH3 is 1. The molecule has 6 heteroatoms. The van der Waals surface area contributed by atoms with Gasteiger partial charge in [-0.2, -0.15) is 0 Å². The zero-order chi connectivity index (χ0) is 13.1. The predicted octanol–water partition coefficient (Wildman–Crippen LogP) is 2.29. The summed E-state index contributed by atoms with van der Waals surface area (Å²) in [4.78, 5) is 15.8. The summed E-state index contributed by atoms with van der Waals surface area (Å²) in [6, 6.07) is 5.42. The van der Waals surface area contributed by atoms with E-state index < -0.39 is 0 Å². The van der Waals surface area contributed by atoms with Crippen LogP contribution in [0, 0.1) is 6.92 Å². The number of rotatable bonds is 3. The van der Waals surface area contributed by atoms with E-state index in [-0.39, 0.29) is 5.91 Å². The molecular formula is C12H13N3O2S. The lowest BCUT2D eigenvalue weighted by Gasteiger charge is -2.08. The molecule has 2 aromatic rings. The third kappa shape index (κ3) is 2.60. The Morgan fingerprint density at radius 3 is 2.83 bits per heavy atom. The number of thiazole rings is 1. The van der Waals surface area contributed by atoms with Gasteiger partial charge in [0.2, 0.25) is 0 Å². The van der Waals surface area contributed by atoms with E-state index in [0.29, 0.717) is 16.5 Å². The number of anilines is 2. The Bertz CT molecular complexity index is 580. The van der Waals surface area contributed by atoms with Crippen molar-refractivity contribution in [3.05, 3.63) is 34.8 Å². The molecule has 2 rings (SSSR count). The van der Waals surface area contributed by atoms with Gasteiger partial charge in [-0.3, -0.25) is 4.79 Å². The van der Waals surface area contributed by atoms with Gasteiger partial charge in [-0.1, -0.05) is 0 Å². The largest absolute Gasteiger partial charge is 0.496 e. The van der Waals surface area contributed by atoms with Gasteiger partial charge in [0.25, 0.3) is 5.91 Å².